The number of amides is 1. The Morgan fingerprint density at radius 1 is 1.25 bits per heavy atom. The Balaban J connectivity index is 1.78. The number of nitrogens with one attached hydrogen (secondary N) is 1. The Bertz CT molecular complexity index is 594. The van der Waals surface area contributed by atoms with E-state index in [1.807, 2.05) is 53.4 Å². The van der Waals surface area contributed by atoms with Gasteiger partial charge in [-0.1, -0.05) is 12.5 Å². The van der Waals surface area contributed by atoms with E-state index in [4.69, 9.17) is 5.73 Å². The summed E-state index contributed by atoms with van der Waals surface area (Å²) in [5.41, 5.74) is 7.27. The second-order valence-corrected chi connectivity index (χ2v) is 5.43. The largest absolute Gasteiger partial charge is 0.329 e. The van der Waals surface area contributed by atoms with Crippen molar-refractivity contribution in [1.29, 1.82) is 0 Å². The molecule has 1 aromatic heterocycles. The fourth-order valence-electron chi connectivity index (χ4n) is 2.64. The van der Waals surface area contributed by atoms with E-state index in [-0.39, 0.29) is 11.3 Å². The lowest BCUT2D eigenvalue weighted by molar-refractivity contribution is -0.129. The molecule has 0 spiro atoms. The predicted molar refractivity (Wildman–Crippen MR) is 79.7 cm³/mol. The van der Waals surface area contributed by atoms with Gasteiger partial charge in [-0.05, 0) is 43.2 Å². The number of carbonyl (C=O) groups excluding carboxylic acids is 1. The third-order valence-corrected chi connectivity index (χ3v) is 4.19. The van der Waals surface area contributed by atoms with Crippen molar-refractivity contribution in [2.75, 3.05) is 11.9 Å². The first-order valence-electron chi connectivity index (χ1n) is 6.98. The van der Waals surface area contributed by atoms with E-state index in [0.29, 0.717) is 6.54 Å². The number of hydrogen-bond donors (Lipinski definition) is 2. The van der Waals surface area contributed by atoms with Crippen LogP contribution in [0.2, 0.25) is 0 Å². The lowest BCUT2D eigenvalue weighted by Crippen LogP contribution is -2.47. The maximum Gasteiger partial charge on any atom is 0.231 e. The van der Waals surface area contributed by atoms with Crippen LogP contribution >= 0.6 is 0 Å². The zero-order valence-corrected chi connectivity index (χ0v) is 11.4. The van der Waals surface area contributed by atoms with Gasteiger partial charge in [0.05, 0.1) is 5.41 Å². The van der Waals surface area contributed by atoms with Gasteiger partial charge in [-0.15, -0.1) is 0 Å². The summed E-state index contributed by atoms with van der Waals surface area (Å²) in [5.74, 6) is 0.0518. The number of anilines is 1. The smallest absolute Gasteiger partial charge is 0.231 e. The molecular formula is C16H19N3O. The second kappa shape index (κ2) is 5.13. The van der Waals surface area contributed by atoms with Gasteiger partial charge in [0, 0.05) is 30.3 Å². The molecule has 0 aliphatic heterocycles. The average molecular weight is 269 g/mol. The highest BCUT2D eigenvalue weighted by Gasteiger charge is 2.42. The first-order valence-corrected chi connectivity index (χ1v) is 6.98. The molecule has 1 fully saturated rings. The molecule has 3 rings (SSSR count). The Labute approximate surface area is 118 Å². The molecule has 1 aromatic carbocycles. The lowest BCUT2D eigenvalue weighted by atomic mass is 9.68. The molecule has 3 N–H and O–H groups in total. The number of nitrogens with two attached hydrogens (primary N) is 1. The molecule has 1 heterocycles. The van der Waals surface area contributed by atoms with Crippen LogP contribution in [0.1, 0.15) is 19.3 Å². The first kappa shape index (κ1) is 12.9. The van der Waals surface area contributed by atoms with Gasteiger partial charge in [-0.25, -0.2) is 0 Å². The van der Waals surface area contributed by atoms with E-state index in [1.54, 1.807) is 0 Å². The van der Waals surface area contributed by atoms with Crippen LogP contribution in [0.15, 0.2) is 48.8 Å². The van der Waals surface area contributed by atoms with Crippen molar-refractivity contribution >= 4 is 11.6 Å². The van der Waals surface area contributed by atoms with Gasteiger partial charge in [0.15, 0.2) is 0 Å². The number of hydrogen-bond acceptors (Lipinski definition) is 2. The monoisotopic (exact) mass is 269 g/mol. The fraction of sp³-hybridized carbons (Fsp3) is 0.312. The highest BCUT2D eigenvalue weighted by molar-refractivity contribution is 5.96. The Kier molecular flexibility index (Phi) is 3.32. The summed E-state index contributed by atoms with van der Waals surface area (Å²) < 4.78 is 2.01. The molecule has 4 heteroatoms. The van der Waals surface area contributed by atoms with Gasteiger partial charge in [0.25, 0.3) is 0 Å². The molecule has 1 aliphatic rings. The molecule has 1 saturated carbocycles. The molecule has 0 radical (unpaired) electrons. The van der Waals surface area contributed by atoms with E-state index >= 15 is 0 Å². The number of benzene rings is 1. The third kappa shape index (κ3) is 2.23. The molecule has 1 amide bonds. The van der Waals surface area contributed by atoms with Gasteiger partial charge in [0.2, 0.25) is 5.91 Å². The first-order chi connectivity index (χ1) is 9.73. The quantitative estimate of drug-likeness (QED) is 0.896. The van der Waals surface area contributed by atoms with Gasteiger partial charge < -0.3 is 15.6 Å². The number of rotatable bonds is 4. The fourth-order valence-corrected chi connectivity index (χ4v) is 2.64. The van der Waals surface area contributed by atoms with Crippen LogP contribution in [-0.2, 0) is 4.79 Å². The molecule has 1 aliphatic carbocycles. The Hall–Kier alpha value is -2.07. The van der Waals surface area contributed by atoms with Crippen molar-refractivity contribution in [3.05, 3.63) is 48.8 Å². The van der Waals surface area contributed by atoms with Crippen LogP contribution in [0, 0.1) is 5.41 Å². The van der Waals surface area contributed by atoms with E-state index in [9.17, 15) is 4.79 Å². The summed E-state index contributed by atoms with van der Waals surface area (Å²) in [4.78, 5) is 12.3. The molecule has 0 atom stereocenters. The van der Waals surface area contributed by atoms with E-state index in [2.05, 4.69) is 5.32 Å². The average Bonchev–Trinajstić information content (AvgIpc) is 2.92. The normalized spacial score (nSPS) is 16.4. The van der Waals surface area contributed by atoms with Crippen LogP contribution in [0.5, 0.6) is 0 Å². The number of aromatic nitrogens is 1. The second-order valence-electron chi connectivity index (χ2n) is 5.43. The van der Waals surface area contributed by atoms with Crippen molar-refractivity contribution in [3.8, 4) is 5.69 Å². The SMILES string of the molecule is NCC1(C(=O)Nc2cccc(-n3cccc3)c2)CCC1. The summed E-state index contributed by atoms with van der Waals surface area (Å²) in [6.45, 7) is 0.427. The summed E-state index contributed by atoms with van der Waals surface area (Å²) in [6.07, 6.45) is 6.84. The Morgan fingerprint density at radius 3 is 2.60 bits per heavy atom. The van der Waals surface area contributed by atoms with Gasteiger partial charge in [-0.2, -0.15) is 0 Å². The van der Waals surface area contributed by atoms with Crippen molar-refractivity contribution < 1.29 is 4.79 Å². The summed E-state index contributed by atoms with van der Waals surface area (Å²) >= 11 is 0. The van der Waals surface area contributed by atoms with Crippen molar-refractivity contribution in [1.82, 2.24) is 4.57 Å². The highest BCUT2D eigenvalue weighted by atomic mass is 16.2. The van der Waals surface area contributed by atoms with Crippen LogP contribution in [0.3, 0.4) is 0 Å². The van der Waals surface area contributed by atoms with Gasteiger partial charge in [-0.3, -0.25) is 4.79 Å². The van der Waals surface area contributed by atoms with E-state index in [1.165, 1.54) is 0 Å². The van der Waals surface area contributed by atoms with Crippen molar-refractivity contribution in [2.45, 2.75) is 19.3 Å². The van der Waals surface area contributed by atoms with Gasteiger partial charge in [0.1, 0.15) is 0 Å². The van der Waals surface area contributed by atoms with Crippen molar-refractivity contribution in [3.63, 3.8) is 0 Å². The zero-order valence-electron chi connectivity index (χ0n) is 11.4. The third-order valence-electron chi connectivity index (χ3n) is 4.19. The maximum atomic E-state index is 12.3. The summed E-state index contributed by atoms with van der Waals surface area (Å²) in [6, 6.07) is 11.8. The highest BCUT2D eigenvalue weighted by Crippen LogP contribution is 2.40. The molecule has 4 nitrogen and oxygen atoms in total. The van der Waals surface area contributed by atoms with Gasteiger partial charge >= 0.3 is 0 Å². The maximum absolute atomic E-state index is 12.3. The molecule has 20 heavy (non-hydrogen) atoms. The van der Waals surface area contributed by atoms with Crippen LogP contribution in [0.4, 0.5) is 5.69 Å². The molecule has 104 valence electrons. The standard InChI is InChI=1S/C16H19N3O/c17-12-16(7-4-8-16)15(20)18-13-5-3-6-14(11-13)19-9-1-2-10-19/h1-3,5-6,9-11H,4,7-8,12,17H2,(H,18,20). The molecule has 0 bridgehead atoms. The molecule has 2 aromatic rings. The minimum absolute atomic E-state index is 0.0518. The predicted octanol–water partition coefficient (Wildman–Crippen LogP) is 2.54. The number of nitrogens with zero attached hydrogens (tertiary/aromatic N) is 1. The van der Waals surface area contributed by atoms with Crippen molar-refractivity contribution in [2.24, 2.45) is 11.1 Å². The lowest BCUT2D eigenvalue weighted by Gasteiger charge is -2.39. The van der Waals surface area contributed by atoms with Crippen LogP contribution in [-0.4, -0.2) is 17.0 Å². The molecule has 0 unspecified atom stereocenters. The molecule has 0 saturated heterocycles. The minimum atomic E-state index is -0.344. The van der Waals surface area contributed by atoms with E-state index in [0.717, 1.165) is 30.6 Å². The van der Waals surface area contributed by atoms with Crippen LogP contribution in [0.25, 0.3) is 5.69 Å². The summed E-state index contributed by atoms with van der Waals surface area (Å²) in [7, 11) is 0. The van der Waals surface area contributed by atoms with Crippen LogP contribution < -0.4 is 11.1 Å². The Morgan fingerprint density at radius 2 is 2.00 bits per heavy atom. The topological polar surface area (TPSA) is 60.1 Å². The van der Waals surface area contributed by atoms with E-state index < -0.39 is 0 Å². The number of carbonyl (C=O) groups is 1. The zero-order chi connectivity index (χ0) is 14.0. The minimum Gasteiger partial charge on any atom is -0.329 e. The summed E-state index contributed by atoms with van der Waals surface area (Å²) in [5, 5.41) is 3.01. The molecular weight excluding hydrogens is 250 g/mol.